The summed E-state index contributed by atoms with van der Waals surface area (Å²) in [5, 5.41) is 1.16. The standard InChI is InChI=1S/C15H20N2O2/c1-9-14(15(8-16)4-5-15)13-11(17-9)6-10(18-2)7-12(13)19-3/h6-7,17H,4-5,8,16H2,1-3H3. The molecule has 19 heavy (non-hydrogen) atoms. The van der Waals surface area contributed by atoms with Crippen LogP contribution in [0.2, 0.25) is 0 Å². The zero-order chi connectivity index (χ0) is 13.6. The van der Waals surface area contributed by atoms with Crippen molar-refractivity contribution in [3.63, 3.8) is 0 Å². The van der Waals surface area contributed by atoms with Crippen molar-refractivity contribution in [2.75, 3.05) is 20.8 Å². The van der Waals surface area contributed by atoms with Crippen LogP contribution in [0.3, 0.4) is 0 Å². The minimum atomic E-state index is 0.143. The lowest BCUT2D eigenvalue weighted by atomic mass is 9.92. The number of rotatable bonds is 4. The number of aromatic amines is 1. The Morgan fingerprint density at radius 1 is 1.26 bits per heavy atom. The summed E-state index contributed by atoms with van der Waals surface area (Å²) < 4.78 is 10.9. The quantitative estimate of drug-likeness (QED) is 0.888. The molecule has 0 atom stereocenters. The van der Waals surface area contributed by atoms with Gasteiger partial charge in [0.05, 0.1) is 19.7 Å². The summed E-state index contributed by atoms with van der Waals surface area (Å²) in [4.78, 5) is 3.44. The van der Waals surface area contributed by atoms with E-state index in [0.29, 0.717) is 6.54 Å². The number of hydrogen-bond donors (Lipinski definition) is 2. The maximum absolute atomic E-state index is 5.99. The molecule has 3 rings (SSSR count). The molecule has 0 radical (unpaired) electrons. The van der Waals surface area contributed by atoms with Crippen molar-refractivity contribution in [3.05, 3.63) is 23.4 Å². The van der Waals surface area contributed by atoms with Gasteiger partial charge in [0.15, 0.2) is 0 Å². The van der Waals surface area contributed by atoms with Gasteiger partial charge in [-0.05, 0) is 25.3 Å². The normalized spacial score (nSPS) is 16.6. The van der Waals surface area contributed by atoms with Crippen LogP contribution in [0.25, 0.3) is 10.9 Å². The molecule has 0 spiro atoms. The SMILES string of the molecule is COc1cc(OC)c2c(C3(CN)CC3)c(C)[nH]c2c1. The predicted molar refractivity (Wildman–Crippen MR) is 76.1 cm³/mol. The Kier molecular flexibility index (Phi) is 2.71. The van der Waals surface area contributed by atoms with E-state index in [1.807, 2.05) is 12.1 Å². The van der Waals surface area contributed by atoms with E-state index in [2.05, 4.69) is 11.9 Å². The van der Waals surface area contributed by atoms with Crippen LogP contribution in [0.5, 0.6) is 11.5 Å². The summed E-state index contributed by atoms with van der Waals surface area (Å²) in [5.41, 5.74) is 9.70. The monoisotopic (exact) mass is 260 g/mol. The summed E-state index contributed by atoms with van der Waals surface area (Å²) in [5.74, 6) is 1.66. The number of aromatic nitrogens is 1. The van der Waals surface area contributed by atoms with Crippen molar-refractivity contribution in [2.24, 2.45) is 5.73 Å². The number of benzene rings is 1. The Labute approximate surface area is 112 Å². The summed E-state index contributed by atoms with van der Waals surface area (Å²) in [6, 6.07) is 3.95. The third kappa shape index (κ3) is 1.70. The van der Waals surface area contributed by atoms with E-state index in [-0.39, 0.29) is 5.41 Å². The van der Waals surface area contributed by atoms with Crippen LogP contribution < -0.4 is 15.2 Å². The number of nitrogens with one attached hydrogen (secondary N) is 1. The summed E-state index contributed by atoms with van der Waals surface area (Å²) in [6.45, 7) is 2.80. The fraction of sp³-hybridized carbons (Fsp3) is 0.467. The van der Waals surface area contributed by atoms with E-state index < -0.39 is 0 Å². The lowest BCUT2D eigenvalue weighted by molar-refractivity contribution is 0.397. The highest BCUT2D eigenvalue weighted by Gasteiger charge is 2.46. The van der Waals surface area contributed by atoms with Gasteiger partial charge < -0.3 is 20.2 Å². The molecule has 1 aliphatic carbocycles. The van der Waals surface area contributed by atoms with Crippen LogP contribution in [0.1, 0.15) is 24.1 Å². The van der Waals surface area contributed by atoms with Gasteiger partial charge in [-0.3, -0.25) is 0 Å². The van der Waals surface area contributed by atoms with Gasteiger partial charge in [-0.2, -0.15) is 0 Å². The molecule has 2 aromatic rings. The van der Waals surface area contributed by atoms with Gasteiger partial charge >= 0.3 is 0 Å². The summed E-state index contributed by atoms with van der Waals surface area (Å²) in [6.07, 6.45) is 2.32. The second-order valence-corrected chi connectivity index (χ2v) is 5.36. The maximum Gasteiger partial charge on any atom is 0.132 e. The molecule has 102 valence electrons. The minimum absolute atomic E-state index is 0.143. The number of fused-ring (bicyclic) bond motifs is 1. The molecule has 1 heterocycles. The van der Waals surface area contributed by atoms with Crippen LogP contribution in [-0.2, 0) is 5.41 Å². The molecule has 1 aliphatic rings. The smallest absolute Gasteiger partial charge is 0.132 e. The van der Waals surface area contributed by atoms with Crippen LogP contribution in [-0.4, -0.2) is 25.7 Å². The molecular formula is C15H20N2O2. The van der Waals surface area contributed by atoms with E-state index >= 15 is 0 Å². The highest BCUT2D eigenvalue weighted by molar-refractivity contribution is 5.93. The van der Waals surface area contributed by atoms with Crippen LogP contribution in [0.15, 0.2) is 12.1 Å². The Balaban J connectivity index is 2.31. The maximum atomic E-state index is 5.99. The molecule has 1 aromatic heterocycles. The van der Waals surface area contributed by atoms with Gasteiger partial charge in [-0.1, -0.05) is 0 Å². The largest absolute Gasteiger partial charge is 0.497 e. The number of H-pyrrole nitrogens is 1. The topological polar surface area (TPSA) is 60.3 Å². The molecule has 3 N–H and O–H groups in total. The van der Waals surface area contributed by atoms with E-state index in [0.717, 1.165) is 35.2 Å². The average molecular weight is 260 g/mol. The lowest BCUT2D eigenvalue weighted by Crippen LogP contribution is -2.20. The summed E-state index contributed by atoms with van der Waals surface area (Å²) in [7, 11) is 3.36. The van der Waals surface area contributed by atoms with Gasteiger partial charge in [-0.25, -0.2) is 0 Å². The zero-order valence-electron chi connectivity index (χ0n) is 11.7. The molecule has 1 fully saturated rings. The first-order valence-electron chi connectivity index (χ1n) is 6.60. The third-order valence-corrected chi connectivity index (χ3v) is 4.25. The van der Waals surface area contributed by atoms with Crippen molar-refractivity contribution >= 4 is 10.9 Å². The number of nitrogens with two attached hydrogens (primary N) is 1. The van der Waals surface area contributed by atoms with Gasteiger partial charge in [0.1, 0.15) is 11.5 Å². The van der Waals surface area contributed by atoms with Crippen molar-refractivity contribution < 1.29 is 9.47 Å². The van der Waals surface area contributed by atoms with Crippen molar-refractivity contribution in [2.45, 2.75) is 25.2 Å². The molecule has 1 saturated carbocycles. The highest BCUT2D eigenvalue weighted by atomic mass is 16.5. The second-order valence-electron chi connectivity index (χ2n) is 5.36. The molecule has 0 unspecified atom stereocenters. The number of hydrogen-bond acceptors (Lipinski definition) is 3. The highest BCUT2D eigenvalue weighted by Crippen LogP contribution is 2.52. The van der Waals surface area contributed by atoms with E-state index in [1.165, 1.54) is 11.3 Å². The van der Waals surface area contributed by atoms with Gasteiger partial charge in [-0.15, -0.1) is 0 Å². The Morgan fingerprint density at radius 3 is 2.53 bits per heavy atom. The Hall–Kier alpha value is -1.68. The molecule has 0 aliphatic heterocycles. The number of methoxy groups -OCH3 is 2. The van der Waals surface area contributed by atoms with E-state index in [4.69, 9.17) is 15.2 Å². The van der Waals surface area contributed by atoms with Gasteiger partial charge in [0.25, 0.3) is 0 Å². The van der Waals surface area contributed by atoms with Crippen LogP contribution in [0.4, 0.5) is 0 Å². The number of ether oxygens (including phenoxy) is 2. The second kappa shape index (κ2) is 4.17. The Bertz CT molecular complexity index is 627. The first-order chi connectivity index (χ1) is 9.15. The minimum Gasteiger partial charge on any atom is -0.497 e. The lowest BCUT2D eigenvalue weighted by Gasteiger charge is -2.15. The first-order valence-corrected chi connectivity index (χ1v) is 6.60. The fourth-order valence-electron chi connectivity index (χ4n) is 3.05. The molecule has 0 saturated heterocycles. The zero-order valence-corrected chi connectivity index (χ0v) is 11.7. The van der Waals surface area contributed by atoms with Crippen LogP contribution >= 0.6 is 0 Å². The molecule has 1 aromatic carbocycles. The van der Waals surface area contributed by atoms with Crippen molar-refractivity contribution in [3.8, 4) is 11.5 Å². The average Bonchev–Trinajstić information content (AvgIpc) is 3.14. The van der Waals surface area contributed by atoms with Gasteiger partial charge in [0, 0.05) is 35.2 Å². The third-order valence-electron chi connectivity index (χ3n) is 4.25. The molecule has 4 heteroatoms. The van der Waals surface area contributed by atoms with Crippen LogP contribution in [0, 0.1) is 6.92 Å². The van der Waals surface area contributed by atoms with E-state index in [1.54, 1.807) is 14.2 Å². The molecule has 0 amide bonds. The molecular weight excluding hydrogens is 240 g/mol. The Morgan fingerprint density at radius 2 is 2.00 bits per heavy atom. The molecule has 4 nitrogen and oxygen atoms in total. The number of aryl methyl sites for hydroxylation is 1. The first kappa shape index (κ1) is 12.4. The summed E-state index contributed by atoms with van der Waals surface area (Å²) >= 11 is 0. The molecule has 0 bridgehead atoms. The van der Waals surface area contributed by atoms with Crippen molar-refractivity contribution in [1.82, 2.24) is 4.98 Å². The van der Waals surface area contributed by atoms with E-state index in [9.17, 15) is 0 Å². The van der Waals surface area contributed by atoms with Gasteiger partial charge in [0.2, 0.25) is 0 Å². The predicted octanol–water partition coefficient (Wildman–Crippen LogP) is 2.48. The van der Waals surface area contributed by atoms with Crippen molar-refractivity contribution in [1.29, 1.82) is 0 Å². The fourth-order valence-corrected chi connectivity index (χ4v) is 3.05.